The van der Waals surface area contributed by atoms with E-state index in [0.717, 1.165) is 61.9 Å². The maximum atomic E-state index is 13.2. The Labute approximate surface area is 365 Å². The number of halogens is 1. The SMILES string of the molecule is CO[Si](CCC[Si](C)(C)O[Si](C)(C)O[Si](C)(C)CCCNc1nc(NCCC[Si](C)(C)O[Si](C)(C)O[Si](C)(C)CCC[Si](OC)(OC)OC)nc(OCF)n1)(OC)OC. The van der Waals surface area contributed by atoms with Gasteiger partial charge >= 0.3 is 40.7 Å². The Morgan fingerprint density at radius 3 is 0.983 bits per heavy atom. The number of alkyl halides is 1. The minimum atomic E-state index is -2.61. The fourth-order valence-electron chi connectivity index (χ4n) is 7.54. The summed E-state index contributed by atoms with van der Waals surface area (Å²) in [6, 6.07) is 5.20. The third kappa shape index (κ3) is 22.7. The average molecular weight is 981 g/mol. The van der Waals surface area contributed by atoms with E-state index in [0.29, 0.717) is 25.0 Å². The third-order valence-corrected chi connectivity index (χ3v) is 38.4. The van der Waals surface area contributed by atoms with Gasteiger partial charge < -0.3 is 58.4 Å². The van der Waals surface area contributed by atoms with Gasteiger partial charge in [-0.15, -0.1) is 0 Å². The molecule has 25 heteroatoms. The summed E-state index contributed by atoms with van der Waals surface area (Å²) in [5.41, 5.74) is 0. The largest absolute Gasteiger partial charge is 0.500 e. The molecule has 0 saturated carbocycles. The van der Waals surface area contributed by atoms with Crippen LogP contribution >= 0.6 is 0 Å². The summed E-state index contributed by atoms with van der Waals surface area (Å²) in [7, 11) is -8.26. The molecule has 0 saturated heterocycles. The molecule has 0 spiro atoms. The lowest BCUT2D eigenvalue weighted by Crippen LogP contribution is -2.52. The molecule has 1 aromatic rings. The van der Waals surface area contributed by atoms with Crippen LogP contribution in [0.25, 0.3) is 0 Å². The van der Waals surface area contributed by atoms with Gasteiger partial charge in [-0.05, 0) is 128 Å². The van der Waals surface area contributed by atoms with Crippen LogP contribution in [0.2, 0.25) is 115 Å². The molecule has 0 aromatic carbocycles. The monoisotopic (exact) mass is 979 g/mol. The number of ether oxygens (including phenoxy) is 1. The van der Waals surface area contributed by atoms with Crippen LogP contribution in [0, 0.1) is 0 Å². The molecule has 0 unspecified atom stereocenters. The Kier molecular flexibility index (Phi) is 24.3. The van der Waals surface area contributed by atoms with Crippen molar-refractivity contribution in [1.29, 1.82) is 0 Å². The van der Waals surface area contributed by atoms with E-state index >= 15 is 0 Å². The molecule has 16 nitrogen and oxygen atoms in total. The standard InChI is InChI=1S/C34H82FN5O11Si8/c1-41-58(42-2,43-3)29-21-27-54(11,12)50-56(15,16)48-52(7,8)25-19-23-36-32-38-33(40-34(39-32)47-31-35)37-24-20-26-53(9,10)49-57(17,18)51-55(13,14)28-22-30-59(44-4,45-5)46-6/h19-31H2,1-18H3,(H2,36,37,38,39,40). The van der Waals surface area contributed by atoms with E-state index in [9.17, 15) is 4.39 Å². The normalized spacial score (nSPS) is 13.9. The predicted octanol–water partition coefficient (Wildman–Crippen LogP) is 8.61. The van der Waals surface area contributed by atoms with E-state index < -0.39 is 74.9 Å². The van der Waals surface area contributed by atoms with E-state index in [1.807, 2.05) is 0 Å². The van der Waals surface area contributed by atoms with E-state index in [1.54, 1.807) is 42.7 Å². The zero-order chi connectivity index (χ0) is 45.2. The van der Waals surface area contributed by atoms with Gasteiger partial charge in [-0.25, -0.2) is 4.39 Å². The quantitative estimate of drug-likeness (QED) is 0.0498. The molecule has 59 heavy (non-hydrogen) atoms. The summed E-state index contributed by atoms with van der Waals surface area (Å²) in [5.74, 6) is 0.656. The van der Waals surface area contributed by atoms with Crippen LogP contribution in [-0.2, 0) is 43.0 Å². The first-order valence-electron chi connectivity index (χ1n) is 20.7. The van der Waals surface area contributed by atoms with Crippen molar-refractivity contribution in [1.82, 2.24) is 15.0 Å². The summed E-state index contributed by atoms with van der Waals surface area (Å²) < 4.78 is 79.0. The summed E-state index contributed by atoms with van der Waals surface area (Å²) in [4.78, 5) is 13.1. The van der Waals surface area contributed by atoms with Crippen LogP contribution in [0.15, 0.2) is 0 Å². The molecule has 1 aromatic heterocycles. The minimum absolute atomic E-state index is 0.0728. The Morgan fingerprint density at radius 2 is 0.712 bits per heavy atom. The highest BCUT2D eigenvalue weighted by Gasteiger charge is 2.43. The highest BCUT2D eigenvalue weighted by atomic mass is 28.5. The van der Waals surface area contributed by atoms with Gasteiger partial charge in [-0.3, -0.25) is 0 Å². The second kappa shape index (κ2) is 25.2. The van der Waals surface area contributed by atoms with Crippen molar-refractivity contribution >= 4 is 79.9 Å². The van der Waals surface area contributed by atoms with Crippen molar-refractivity contribution in [2.75, 3.05) is 73.2 Å². The maximum Gasteiger partial charge on any atom is 0.500 e. The molecule has 0 atom stereocenters. The van der Waals surface area contributed by atoms with Crippen molar-refractivity contribution in [2.24, 2.45) is 0 Å². The Hall–Kier alpha value is -0.325. The Balaban J connectivity index is 2.68. The van der Waals surface area contributed by atoms with E-state index in [-0.39, 0.29) is 6.01 Å². The summed E-state index contributed by atoms with van der Waals surface area (Å²) >= 11 is 0. The minimum Gasteiger partial charge on any atom is -0.437 e. The summed E-state index contributed by atoms with van der Waals surface area (Å²) in [5, 5.41) is 6.56. The molecule has 348 valence electrons. The maximum absolute atomic E-state index is 13.2. The number of nitrogens with one attached hydrogen (secondary N) is 2. The fourth-order valence-corrected chi connectivity index (χ4v) is 39.8. The van der Waals surface area contributed by atoms with Crippen LogP contribution in [-0.4, -0.2) is 146 Å². The van der Waals surface area contributed by atoms with Gasteiger partial charge in [-0.2, -0.15) is 15.0 Å². The molecule has 0 amide bonds. The summed E-state index contributed by atoms with van der Waals surface area (Å²) in [6.07, 6.45) is 3.52. The van der Waals surface area contributed by atoms with Crippen molar-refractivity contribution in [3.05, 3.63) is 0 Å². The molecule has 1 heterocycles. The van der Waals surface area contributed by atoms with Crippen LogP contribution < -0.4 is 15.4 Å². The van der Waals surface area contributed by atoms with Crippen molar-refractivity contribution < 1.29 is 52.1 Å². The first kappa shape index (κ1) is 56.7. The van der Waals surface area contributed by atoms with Gasteiger partial charge in [0.25, 0.3) is 0 Å². The van der Waals surface area contributed by atoms with Gasteiger partial charge in [0.2, 0.25) is 18.8 Å². The smallest absolute Gasteiger partial charge is 0.437 e. The molecule has 0 radical (unpaired) electrons. The number of nitrogens with zero attached hydrogens (tertiary/aromatic N) is 3. The third-order valence-electron chi connectivity index (χ3n) is 9.75. The highest BCUT2D eigenvalue weighted by molar-refractivity contribution is 6.88. The Morgan fingerprint density at radius 1 is 0.424 bits per heavy atom. The van der Waals surface area contributed by atoms with Crippen molar-refractivity contribution in [3.63, 3.8) is 0 Å². The molecule has 0 bridgehead atoms. The van der Waals surface area contributed by atoms with Gasteiger partial charge in [-0.1, -0.05) is 0 Å². The molecule has 0 aliphatic carbocycles. The summed E-state index contributed by atoms with van der Waals surface area (Å²) in [6.45, 7) is 26.8. The number of hydrogen-bond acceptors (Lipinski definition) is 16. The van der Waals surface area contributed by atoms with Gasteiger partial charge in [0.15, 0.2) is 33.3 Å². The second-order valence-electron chi connectivity index (χ2n) is 18.1. The molecular weight excluding hydrogens is 898 g/mol. The van der Waals surface area contributed by atoms with Crippen LogP contribution in [0.5, 0.6) is 6.01 Å². The lowest BCUT2D eigenvalue weighted by atomic mass is 10.5. The molecule has 0 aliphatic heterocycles. The van der Waals surface area contributed by atoms with Crippen LogP contribution in [0.3, 0.4) is 0 Å². The lowest BCUT2D eigenvalue weighted by molar-refractivity contribution is 0.123. The number of anilines is 2. The Bertz CT molecular complexity index is 1250. The zero-order valence-corrected chi connectivity index (χ0v) is 47.9. The molecule has 0 aliphatic rings. The molecule has 1 rings (SSSR count). The highest BCUT2D eigenvalue weighted by Crippen LogP contribution is 2.30. The topological polar surface area (TPSA) is 164 Å². The van der Waals surface area contributed by atoms with Gasteiger partial charge in [0.05, 0.1) is 0 Å². The van der Waals surface area contributed by atoms with Gasteiger partial charge in [0, 0.05) is 67.8 Å². The van der Waals surface area contributed by atoms with Crippen molar-refractivity contribution in [3.8, 4) is 6.01 Å². The predicted molar refractivity (Wildman–Crippen MR) is 254 cm³/mol. The van der Waals surface area contributed by atoms with Crippen LogP contribution in [0.4, 0.5) is 16.3 Å². The van der Waals surface area contributed by atoms with Crippen LogP contribution in [0.1, 0.15) is 25.7 Å². The number of hydrogen-bond donors (Lipinski definition) is 2. The first-order valence-corrected chi connectivity index (χ1v) is 42.7. The van der Waals surface area contributed by atoms with E-state index in [1.165, 1.54) is 0 Å². The fraction of sp³-hybridized carbons (Fsp3) is 0.912. The molecular formula is C34H82FN5O11Si8. The number of rotatable bonds is 34. The molecule has 0 fully saturated rings. The van der Waals surface area contributed by atoms with E-state index in [2.05, 4.69) is 104 Å². The number of aromatic nitrogens is 3. The van der Waals surface area contributed by atoms with Gasteiger partial charge in [0.1, 0.15) is 0 Å². The zero-order valence-electron chi connectivity index (χ0n) is 39.9. The molecule has 2 N–H and O–H groups in total. The first-order chi connectivity index (χ1) is 27.2. The second-order valence-corrected chi connectivity index (χ2v) is 49.2. The van der Waals surface area contributed by atoms with E-state index in [4.69, 9.17) is 47.8 Å². The average Bonchev–Trinajstić information content (AvgIpc) is 3.11. The lowest BCUT2D eigenvalue weighted by Gasteiger charge is -2.39. The van der Waals surface area contributed by atoms with Crippen molar-refractivity contribution in [2.45, 2.75) is 141 Å².